The van der Waals surface area contributed by atoms with E-state index >= 15 is 8.78 Å². The van der Waals surface area contributed by atoms with Crippen LogP contribution in [0.2, 0.25) is 0 Å². The van der Waals surface area contributed by atoms with Crippen molar-refractivity contribution in [2.24, 2.45) is 20.0 Å². The molecule has 2 heterocycles. The van der Waals surface area contributed by atoms with Gasteiger partial charge in [0.25, 0.3) is 0 Å². The molecule has 4 rings (SSSR count). The highest BCUT2D eigenvalue weighted by molar-refractivity contribution is 5.85. The molecule has 2 aromatic rings. The lowest BCUT2D eigenvalue weighted by Gasteiger charge is -2.23. The molecule has 0 atom stereocenters. The first-order valence-electron chi connectivity index (χ1n) is 8.79. The molecular weight excluding hydrogens is 334 g/mol. The maximum Gasteiger partial charge on any atom is 0.139 e. The summed E-state index contributed by atoms with van der Waals surface area (Å²) in [6, 6.07) is 0. The second-order valence-electron chi connectivity index (χ2n) is 8.94. The Balaban J connectivity index is 2.41. The number of hydrogen-bond acceptors (Lipinski definition) is 4. The van der Waals surface area contributed by atoms with Gasteiger partial charge in [-0.3, -0.25) is 20.0 Å². The van der Waals surface area contributed by atoms with Gasteiger partial charge < -0.3 is 0 Å². The molecule has 2 aliphatic rings. The van der Waals surface area contributed by atoms with Crippen molar-refractivity contribution in [3.05, 3.63) is 44.2 Å². The first-order valence-corrected chi connectivity index (χ1v) is 8.79. The molecule has 0 saturated heterocycles. The summed E-state index contributed by atoms with van der Waals surface area (Å²) in [5.74, 6) is -0.910. The van der Waals surface area contributed by atoms with E-state index in [9.17, 15) is 0 Å². The van der Waals surface area contributed by atoms with Crippen LogP contribution in [0, 0.1) is 11.6 Å². The van der Waals surface area contributed by atoms with E-state index in [2.05, 4.69) is 20.0 Å². The van der Waals surface area contributed by atoms with Crippen LogP contribution < -0.4 is 21.4 Å². The summed E-state index contributed by atoms with van der Waals surface area (Å²) in [6.07, 6.45) is 0. The summed E-state index contributed by atoms with van der Waals surface area (Å²) in [7, 11) is 0. The number of benzene rings is 2. The highest BCUT2D eigenvalue weighted by Gasteiger charge is 2.32. The molecule has 136 valence electrons. The molecule has 0 unspecified atom stereocenters. The predicted octanol–water partition coefficient (Wildman–Crippen LogP) is 2.13. The van der Waals surface area contributed by atoms with E-state index in [4.69, 9.17) is 0 Å². The van der Waals surface area contributed by atoms with Gasteiger partial charge in [-0.2, -0.15) is 0 Å². The Labute approximate surface area is 150 Å². The molecule has 0 amide bonds. The highest BCUT2D eigenvalue weighted by atomic mass is 19.1. The topological polar surface area (TPSA) is 49.4 Å². The number of rotatable bonds is 0. The van der Waals surface area contributed by atoms with Crippen LogP contribution in [0.5, 0.6) is 0 Å². The van der Waals surface area contributed by atoms with Crippen molar-refractivity contribution in [1.82, 2.24) is 0 Å². The average Bonchev–Trinajstić information content (AvgIpc) is 3.12. The Bertz CT molecular complexity index is 1120. The van der Waals surface area contributed by atoms with Crippen molar-refractivity contribution in [3.8, 4) is 0 Å². The van der Waals surface area contributed by atoms with Crippen molar-refractivity contribution < 1.29 is 8.78 Å². The molecule has 6 heteroatoms. The van der Waals surface area contributed by atoms with E-state index in [1.54, 1.807) is 0 Å². The van der Waals surface area contributed by atoms with Gasteiger partial charge in [-0.15, -0.1) is 0 Å². The van der Waals surface area contributed by atoms with E-state index in [1.807, 2.05) is 41.5 Å². The summed E-state index contributed by atoms with van der Waals surface area (Å²) in [6.45, 7) is 11.9. The van der Waals surface area contributed by atoms with Crippen molar-refractivity contribution in [1.29, 1.82) is 0 Å². The summed E-state index contributed by atoms with van der Waals surface area (Å²) >= 11 is 0. The van der Waals surface area contributed by atoms with Gasteiger partial charge in [0.2, 0.25) is 0 Å². The van der Waals surface area contributed by atoms with Crippen LogP contribution in [0.15, 0.2) is 20.0 Å². The van der Waals surface area contributed by atoms with E-state index in [-0.39, 0.29) is 24.1 Å². The van der Waals surface area contributed by atoms with Gasteiger partial charge in [0, 0.05) is 11.1 Å². The zero-order chi connectivity index (χ0) is 19.0. The lowest BCUT2D eigenvalue weighted by Crippen LogP contribution is -2.41. The van der Waals surface area contributed by atoms with Gasteiger partial charge in [0.15, 0.2) is 0 Å². The highest BCUT2D eigenvalue weighted by Crippen LogP contribution is 2.29. The summed E-state index contributed by atoms with van der Waals surface area (Å²) in [5, 5.41) is 2.21. The lowest BCUT2D eigenvalue weighted by molar-refractivity contribution is 0.512. The maximum atomic E-state index is 15.7. The molecule has 0 spiro atoms. The van der Waals surface area contributed by atoms with Crippen molar-refractivity contribution in [3.63, 3.8) is 0 Å². The Morgan fingerprint density at radius 1 is 0.577 bits per heavy atom. The molecule has 0 aromatic heterocycles. The third-order valence-corrected chi connectivity index (χ3v) is 4.94. The number of halogens is 2. The standard InChI is InChI=1S/C20H22F2N4/c1-19(2,3)11-13(21)9-10(15-17(11)25-7-23-15)14(22)12(20(4,5)6)18-16(9)24-8-26-18/h7-8H2,1-6H3. The van der Waals surface area contributed by atoms with Gasteiger partial charge in [-0.1, -0.05) is 41.5 Å². The van der Waals surface area contributed by atoms with Crippen LogP contribution in [-0.4, -0.2) is 13.3 Å². The molecule has 2 aromatic carbocycles. The molecule has 0 radical (unpaired) electrons. The van der Waals surface area contributed by atoms with Crippen molar-refractivity contribution in [2.45, 2.75) is 52.4 Å². The molecule has 2 aliphatic heterocycles. The summed E-state index contributed by atoms with van der Waals surface area (Å²) < 4.78 is 31.4. The molecule has 0 saturated carbocycles. The minimum Gasteiger partial charge on any atom is -0.259 e. The molecule has 4 nitrogen and oxygen atoms in total. The molecule has 0 N–H and O–H groups in total. The molecule has 0 aliphatic carbocycles. The van der Waals surface area contributed by atoms with Gasteiger partial charge in [0.1, 0.15) is 25.0 Å². The number of nitrogens with zero attached hydrogens (tertiary/aromatic N) is 4. The van der Waals surface area contributed by atoms with Gasteiger partial charge >= 0.3 is 0 Å². The fraction of sp³-hybridized carbons (Fsp3) is 0.500. The third kappa shape index (κ3) is 2.17. The normalized spacial score (nSPS) is 15.8. The monoisotopic (exact) mass is 356 g/mol. The van der Waals surface area contributed by atoms with Gasteiger partial charge in [-0.05, 0) is 10.8 Å². The number of hydrogen-bond donors (Lipinski definition) is 0. The maximum absolute atomic E-state index is 15.7. The Hall–Kier alpha value is -2.24. The molecule has 0 bridgehead atoms. The fourth-order valence-electron chi connectivity index (χ4n) is 3.93. The van der Waals surface area contributed by atoms with Crippen LogP contribution in [0.25, 0.3) is 10.8 Å². The fourth-order valence-corrected chi connectivity index (χ4v) is 3.93. The summed E-state index contributed by atoms with van der Waals surface area (Å²) in [4.78, 5) is 17.6. The molecular formula is C20H22F2N4. The van der Waals surface area contributed by atoms with E-state index < -0.39 is 22.5 Å². The zero-order valence-corrected chi connectivity index (χ0v) is 16.0. The first kappa shape index (κ1) is 17.2. The van der Waals surface area contributed by atoms with E-state index in [0.29, 0.717) is 32.6 Å². The lowest BCUT2D eigenvalue weighted by atomic mass is 9.81. The average molecular weight is 356 g/mol. The third-order valence-electron chi connectivity index (χ3n) is 4.94. The number of fused-ring (bicyclic) bond motifs is 5. The van der Waals surface area contributed by atoms with Crippen LogP contribution in [0.3, 0.4) is 0 Å². The van der Waals surface area contributed by atoms with Crippen molar-refractivity contribution in [2.75, 3.05) is 13.3 Å². The zero-order valence-electron chi connectivity index (χ0n) is 16.0. The summed E-state index contributed by atoms with van der Waals surface area (Å²) in [5.41, 5.74) is -0.0527. The van der Waals surface area contributed by atoms with Gasteiger partial charge in [0.05, 0.1) is 32.2 Å². The largest absolute Gasteiger partial charge is 0.259 e. The first-order chi connectivity index (χ1) is 12.0. The smallest absolute Gasteiger partial charge is 0.139 e. The minimum atomic E-state index is -0.493. The van der Waals surface area contributed by atoms with E-state index in [0.717, 1.165) is 0 Å². The van der Waals surface area contributed by atoms with Crippen LogP contribution >= 0.6 is 0 Å². The van der Waals surface area contributed by atoms with Crippen LogP contribution in [-0.2, 0) is 10.8 Å². The van der Waals surface area contributed by atoms with E-state index in [1.165, 1.54) is 0 Å². The molecule has 0 fully saturated rings. The second-order valence-corrected chi connectivity index (χ2v) is 8.94. The van der Waals surface area contributed by atoms with Crippen LogP contribution in [0.4, 0.5) is 8.78 Å². The quantitative estimate of drug-likeness (QED) is 0.695. The Morgan fingerprint density at radius 2 is 0.885 bits per heavy atom. The molecule has 26 heavy (non-hydrogen) atoms. The SMILES string of the molecule is CC(C)(C)c1c(F)c2c3c(c(C(C)(C)C)c(F)c2c2c1=NCN=2)=NCN=3. The van der Waals surface area contributed by atoms with Gasteiger partial charge in [-0.25, -0.2) is 8.78 Å². The minimum absolute atomic E-state index is 0.191. The Kier molecular flexibility index (Phi) is 3.40. The van der Waals surface area contributed by atoms with Crippen molar-refractivity contribution >= 4 is 10.8 Å². The van der Waals surface area contributed by atoms with Crippen LogP contribution in [0.1, 0.15) is 52.7 Å². The second kappa shape index (κ2) is 5.15. The predicted molar refractivity (Wildman–Crippen MR) is 95.6 cm³/mol. The Morgan fingerprint density at radius 3 is 1.19 bits per heavy atom.